The van der Waals surface area contributed by atoms with Gasteiger partial charge in [0.25, 0.3) is 5.91 Å². The van der Waals surface area contributed by atoms with Crippen LogP contribution in [-0.4, -0.2) is 32.8 Å². The smallest absolute Gasteiger partial charge is 0.271 e. The summed E-state index contributed by atoms with van der Waals surface area (Å²) in [4.78, 5) is 17.0. The van der Waals surface area contributed by atoms with Crippen LogP contribution in [0, 0.1) is 13.8 Å². The van der Waals surface area contributed by atoms with Gasteiger partial charge in [-0.2, -0.15) is 5.10 Å². The number of amides is 1. The summed E-state index contributed by atoms with van der Waals surface area (Å²) in [6, 6.07) is 5.78. The molecular formula is C17H23Cl2N5O. The first-order valence-corrected chi connectivity index (χ1v) is 8.58. The number of nitrogens with one attached hydrogen (secondary N) is 1. The van der Waals surface area contributed by atoms with Gasteiger partial charge >= 0.3 is 0 Å². The van der Waals surface area contributed by atoms with Crippen molar-refractivity contribution in [1.29, 1.82) is 0 Å². The largest absolute Gasteiger partial charge is 0.348 e. The van der Waals surface area contributed by atoms with E-state index in [1.54, 1.807) is 16.8 Å². The summed E-state index contributed by atoms with van der Waals surface area (Å²) in [5.41, 5.74) is 7.99. The topological polar surface area (TPSA) is 85.8 Å². The summed E-state index contributed by atoms with van der Waals surface area (Å²) in [6.45, 7) is 3.86. The van der Waals surface area contributed by atoms with E-state index in [9.17, 15) is 4.79 Å². The predicted molar refractivity (Wildman–Crippen MR) is 101 cm³/mol. The second-order valence-electron chi connectivity index (χ2n) is 6.42. The van der Waals surface area contributed by atoms with Gasteiger partial charge in [0.1, 0.15) is 5.69 Å². The number of carbonyl (C=O) groups excluding carboxylic acids is 1. The number of pyridine rings is 1. The maximum atomic E-state index is 12.6. The molecular weight excluding hydrogens is 361 g/mol. The van der Waals surface area contributed by atoms with Crippen LogP contribution in [0.25, 0.3) is 5.82 Å². The minimum Gasteiger partial charge on any atom is -0.348 e. The zero-order valence-electron chi connectivity index (χ0n) is 14.3. The van der Waals surface area contributed by atoms with Crippen molar-refractivity contribution >= 4 is 29.9 Å². The lowest BCUT2D eigenvalue weighted by atomic mass is 9.92. The van der Waals surface area contributed by atoms with Crippen molar-refractivity contribution in [3.8, 4) is 5.82 Å². The number of halogens is 2. The molecule has 1 aliphatic carbocycles. The second kappa shape index (κ2) is 8.17. The van der Waals surface area contributed by atoms with E-state index in [-0.39, 0.29) is 36.1 Å². The number of aromatic nitrogens is 3. The highest BCUT2D eigenvalue weighted by Gasteiger charge is 2.22. The van der Waals surface area contributed by atoms with Crippen molar-refractivity contribution in [2.45, 2.75) is 51.6 Å². The van der Waals surface area contributed by atoms with Gasteiger partial charge in [0.2, 0.25) is 0 Å². The number of hydrogen-bond donors (Lipinski definition) is 2. The summed E-state index contributed by atoms with van der Waals surface area (Å²) in [7, 11) is 0. The van der Waals surface area contributed by atoms with Crippen molar-refractivity contribution in [2.75, 3.05) is 0 Å². The van der Waals surface area contributed by atoms with Gasteiger partial charge in [0, 0.05) is 17.8 Å². The minimum atomic E-state index is -0.246. The van der Waals surface area contributed by atoms with Crippen LogP contribution >= 0.6 is 24.0 Å². The predicted octanol–water partition coefficient (Wildman–Crippen LogP) is 2.96. The molecule has 0 atom stereocenters. The first kappa shape index (κ1) is 19.7. The molecule has 6 nitrogen and oxygen atoms in total. The van der Waals surface area contributed by atoms with E-state index in [1.807, 2.05) is 19.9 Å². The standard InChI is InChI=1S/C17H22ClN5O.ClH/c1-10-9-11(2)23(22-10)15-8-7-14(18)16(21-15)17(24)20-13-5-3-12(19)4-6-13;/h7-9,12-13H,3-6,19H2,1-2H3,(H,20,24);1H. The Kier molecular flexibility index (Phi) is 6.43. The Morgan fingerprint density at radius 3 is 2.56 bits per heavy atom. The van der Waals surface area contributed by atoms with Crippen LogP contribution in [0.5, 0.6) is 0 Å². The molecule has 1 amide bonds. The lowest BCUT2D eigenvalue weighted by Gasteiger charge is -2.26. The zero-order valence-corrected chi connectivity index (χ0v) is 15.9. The number of rotatable bonds is 3. The molecule has 1 saturated carbocycles. The molecule has 25 heavy (non-hydrogen) atoms. The Hall–Kier alpha value is -1.63. The molecule has 8 heteroatoms. The molecule has 3 N–H and O–H groups in total. The normalized spacial score (nSPS) is 20.0. The Morgan fingerprint density at radius 1 is 1.28 bits per heavy atom. The number of nitrogens with zero attached hydrogens (tertiary/aromatic N) is 3. The van der Waals surface area contributed by atoms with E-state index in [0.29, 0.717) is 10.8 Å². The minimum absolute atomic E-state index is 0. The summed E-state index contributed by atoms with van der Waals surface area (Å²) in [6.07, 6.45) is 3.64. The molecule has 1 fully saturated rings. The first-order valence-electron chi connectivity index (χ1n) is 8.20. The Bertz CT molecular complexity index is 753. The van der Waals surface area contributed by atoms with Gasteiger partial charge in [-0.3, -0.25) is 4.79 Å². The van der Waals surface area contributed by atoms with Crippen LogP contribution in [-0.2, 0) is 0 Å². The number of hydrogen-bond acceptors (Lipinski definition) is 4. The molecule has 0 saturated heterocycles. The Morgan fingerprint density at radius 2 is 1.96 bits per heavy atom. The molecule has 0 unspecified atom stereocenters. The zero-order chi connectivity index (χ0) is 17.3. The van der Waals surface area contributed by atoms with E-state index in [4.69, 9.17) is 17.3 Å². The molecule has 2 heterocycles. The number of carbonyl (C=O) groups is 1. The summed E-state index contributed by atoms with van der Waals surface area (Å²) >= 11 is 6.19. The van der Waals surface area contributed by atoms with Crippen molar-refractivity contribution in [1.82, 2.24) is 20.1 Å². The van der Waals surface area contributed by atoms with Gasteiger partial charge in [-0.25, -0.2) is 9.67 Å². The highest BCUT2D eigenvalue weighted by Crippen LogP contribution is 2.20. The Labute approximate surface area is 158 Å². The molecule has 0 radical (unpaired) electrons. The van der Waals surface area contributed by atoms with Gasteiger partial charge in [0.05, 0.1) is 10.7 Å². The quantitative estimate of drug-likeness (QED) is 0.852. The lowest BCUT2D eigenvalue weighted by molar-refractivity contribution is 0.0921. The molecule has 0 aliphatic heterocycles. The lowest BCUT2D eigenvalue weighted by Crippen LogP contribution is -2.40. The molecule has 2 aromatic heterocycles. The second-order valence-corrected chi connectivity index (χ2v) is 6.83. The van der Waals surface area contributed by atoms with E-state index in [1.165, 1.54) is 0 Å². The van der Waals surface area contributed by atoms with Crippen LogP contribution in [0.1, 0.15) is 47.6 Å². The fourth-order valence-electron chi connectivity index (χ4n) is 3.09. The van der Waals surface area contributed by atoms with Crippen LogP contribution in [0.3, 0.4) is 0 Å². The van der Waals surface area contributed by atoms with Crippen molar-refractivity contribution in [2.24, 2.45) is 5.73 Å². The third-order valence-corrected chi connectivity index (χ3v) is 4.69. The maximum Gasteiger partial charge on any atom is 0.271 e. The van der Waals surface area contributed by atoms with E-state index >= 15 is 0 Å². The summed E-state index contributed by atoms with van der Waals surface area (Å²) < 4.78 is 1.71. The van der Waals surface area contributed by atoms with Crippen molar-refractivity contribution in [3.63, 3.8) is 0 Å². The fraction of sp³-hybridized carbons (Fsp3) is 0.471. The van der Waals surface area contributed by atoms with Crippen LogP contribution in [0.4, 0.5) is 0 Å². The summed E-state index contributed by atoms with van der Waals surface area (Å²) in [5, 5.41) is 7.76. The van der Waals surface area contributed by atoms with Crippen LogP contribution in [0.2, 0.25) is 5.02 Å². The van der Waals surface area contributed by atoms with E-state index < -0.39 is 0 Å². The monoisotopic (exact) mass is 383 g/mol. The Balaban J connectivity index is 0.00000225. The van der Waals surface area contributed by atoms with Gasteiger partial charge in [-0.1, -0.05) is 11.6 Å². The summed E-state index contributed by atoms with van der Waals surface area (Å²) in [5.74, 6) is 0.338. The third kappa shape index (κ3) is 4.51. The first-order chi connectivity index (χ1) is 11.4. The fourth-order valence-corrected chi connectivity index (χ4v) is 3.28. The van der Waals surface area contributed by atoms with Gasteiger partial charge in [-0.15, -0.1) is 12.4 Å². The van der Waals surface area contributed by atoms with E-state index in [0.717, 1.165) is 37.1 Å². The molecule has 136 valence electrons. The van der Waals surface area contributed by atoms with Gasteiger partial charge in [0.15, 0.2) is 5.82 Å². The average Bonchev–Trinajstić information content (AvgIpc) is 2.88. The molecule has 0 bridgehead atoms. The van der Waals surface area contributed by atoms with Crippen molar-refractivity contribution in [3.05, 3.63) is 40.3 Å². The highest BCUT2D eigenvalue weighted by atomic mass is 35.5. The van der Waals surface area contributed by atoms with Gasteiger partial charge in [-0.05, 0) is 57.7 Å². The number of aryl methyl sites for hydroxylation is 2. The molecule has 3 rings (SSSR count). The van der Waals surface area contributed by atoms with Crippen molar-refractivity contribution < 1.29 is 4.79 Å². The average molecular weight is 384 g/mol. The highest BCUT2D eigenvalue weighted by molar-refractivity contribution is 6.33. The SMILES string of the molecule is Cc1cc(C)n(-c2ccc(Cl)c(C(=O)NC3CCC(N)CC3)n2)n1.Cl. The molecule has 2 aromatic rings. The van der Waals surface area contributed by atoms with Crippen LogP contribution in [0.15, 0.2) is 18.2 Å². The molecule has 0 spiro atoms. The van der Waals surface area contributed by atoms with E-state index in [2.05, 4.69) is 15.4 Å². The van der Waals surface area contributed by atoms with Gasteiger partial charge < -0.3 is 11.1 Å². The third-order valence-electron chi connectivity index (χ3n) is 4.38. The number of nitrogens with two attached hydrogens (primary N) is 1. The molecule has 0 aromatic carbocycles. The van der Waals surface area contributed by atoms with Crippen LogP contribution < -0.4 is 11.1 Å². The maximum absolute atomic E-state index is 12.6. The molecule has 1 aliphatic rings.